The van der Waals surface area contributed by atoms with Crippen LogP contribution in [0.1, 0.15) is 35.6 Å². The second kappa shape index (κ2) is 7.59. The van der Waals surface area contributed by atoms with Gasteiger partial charge in [0.1, 0.15) is 0 Å². The number of nitrogens with zero attached hydrogens (tertiary/aromatic N) is 1. The third kappa shape index (κ3) is 4.45. The van der Waals surface area contributed by atoms with E-state index in [1.807, 2.05) is 13.1 Å². The van der Waals surface area contributed by atoms with E-state index < -0.39 is 0 Å². The first-order chi connectivity index (χ1) is 9.69. The Morgan fingerprint density at radius 2 is 2.30 bits per heavy atom. The molecular formula is C14H23N3O2S. The first kappa shape index (κ1) is 15.3. The number of aryl methyl sites for hydroxylation is 1. The van der Waals surface area contributed by atoms with Gasteiger partial charge in [0.2, 0.25) is 0 Å². The highest BCUT2D eigenvalue weighted by Gasteiger charge is 2.25. The first-order valence-corrected chi connectivity index (χ1v) is 8.07. The summed E-state index contributed by atoms with van der Waals surface area (Å²) in [5.41, 5.74) is 0. The van der Waals surface area contributed by atoms with Crippen LogP contribution in [0.3, 0.4) is 0 Å². The lowest BCUT2D eigenvalue weighted by molar-refractivity contribution is 0.154. The summed E-state index contributed by atoms with van der Waals surface area (Å²) in [6, 6.07) is -0.0283. The van der Waals surface area contributed by atoms with Gasteiger partial charge in [0.25, 0.3) is 0 Å². The van der Waals surface area contributed by atoms with Crippen LogP contribution in [0, 0.1) is 12.8 Å². The summed E-state index contributed by atoms with van der Waals surface area (Å²) >= 11 is 1.66. The van der Waals surface area contributed by atoms with E-state index in [0.29, 0.717) is 6.54 Å². The quantitative estimate of drug-likeness (QED) is 0.776. The van der Waals surface area contributed by atoms with E-state index in [-0.39, 0.29) is 24.6 Å². The van der Waals surface area contributed by atoms with E-state index >= 15 is 0 Å². The monoisotopic (exact) mass is 297 g/mol. The standard InChI is InChI=1S/C14H23N3O2S/c1-10-8-16-13(20-10)6-7-15-14(19)17-12-5-3-2-4-11(12)9-18/h8,11-12,18H,2-7,9H2,1H3,(H2,15,17,19). The smallest absolute Gasteiger partial charge is 0.315 e. The minimum Gasteiger partial charge on any atom is -0.396 e. The summed E-state index contributed by atoms with van der Waals surface area (Å²) in [5.74, 6) is 0.205. The Hall–Kier alpha value is -1.14. The average Bonchev–Trinajstić information content (AvgIpc) is 2.85. The van der Waals surface area contributed by atoms with Crippen LogP contribution >= 0.6 is 11.3 Å². The lowest BCUT2D eigenvalue weighted by Gasteiger charge is -2.30. The Morgan fingerprint density at radius 1 is 1.50 bits per heavy atom. The van der Waals surface area contributed by atoms with Gasteiger partial charge in [-0.1, -0.05) is 12.8 Å². The maximum absolute atomic E-state index is 11.8. The molecule has 0 radical (unpaired) electrons. The van der Waals surface area contributed by atoms with Crippen molar-refractivity contribution in [1.82, 2.24) is 15.6 Å². The zero-order chi connectivity index (χ0) is 14.4. The molecular weight excluding hydrogens is 274 g/mol. The summed E-state index contributed by atoms with van der Waals surface area (Å²) in [6.07, 6.45) is 6.85. The highest BCUT2D eigenvalue weighted by Crippen LogP contribution is 2.23. The van der Waals surface area contributed by atoms with Gasteiger partial charge in [-0.3, -0.25) is 0 Å². The molecule has 2 amide bonds. The zero-order valence-corrected chi connectivity index (χ0v) is 12.7. The van der Waals surface area contributed by atoms with E-state index in [0.717, 1.165) is 37.1 Å². The molecule has 20 heavy (non-hydrogen) atoms. The van der Waals surface area contributed by atoms with Crippen molar-refractivity contribution in [2.24, 2.45) is 5.92 Å². The lowest BCUT2D eigenvalue weighted by atomic mass is 9.85. The summed E-state index contributed by atoms with van der Waals surface area (Å²) in [4.78, 5) is 17.3. The Bertz CT molecular complexity index is 436. The van der Waals surface area contributed by atoms with Gasteiger partial charge >= 0.3 is 6.03 Å². The summed E-state index contributed by atoms with van der Waals surface area (Å²) in [5, 5.41) is 16.2. The van der Waals surface area contributed by atoms with Crippen LogP contribution in [0.25, 0.3) is 0 Å². The van der Waals surface area contributed by atoms with Crippen molar-refractivity contribution >= 4 is 17.4 Å². The fourth-order valence-electron chi connectivity index (χ4n) is 2.64. The molecule has 1 saturated carbocycles. The predicted molar refractivity (Wildman–Crippen MR) is 79.9 cm³/mol. The molecule has 2 atom stereocenters. The number of urea groups is 1. The molecule has 0 aliphatic heterocycles. The number of aliphatic hydroxyl groups is 1. The maximum atomic E-state index is 11.8. The van der Waals surface area contributed by atoms with Crippen molar-refractivity contribution in [3.63, 3.8) is 0 Å². The molecule has 1 aliphatic carbocycles. The Balaban J connectivity index is 1.69. The van der Waals surface area contributed by atoms with Crippen LogP contribution in [0.15, 0.2) is 6.20 Å². The summed E-state index contributed by atoms with van der Waals surface area (Å²) in [6.45, 7) is 2.78. The Labute approximate surface area is 123 Å². The molecule has 1 aromatic heterocycles. The van der Waals surface area contributed by atoms with Crippen molar-refractivity contribution < 1.29 is 9.90 Å². The van der Waals surface area contributed by atoms with Crippen molar-refractivity contribution in [3.8, 4) is 0 Å². The van der Waals surface area contributed by atoms with Crippen LogP contribution < -0.4 is 10.6 Å². The van der Waals surface area contributed by atoms with Crippen molar-refractivity contribution in [1.29, 1.82) is 0 Å². The number of aliphatic hydroxyl groups excluding tert-OH is 1. The number of amides is 2. The summed E-state index contributed by atoms with van der Waals surface area (Å²) < 4.78 is 0. The third-order valence-corrected chi connectivity index (χ3v) is 4.73. The second-order valence-electron chi connectivity index (χ2n) is 5.35. The van der Waals surface area contributed by atoms with Crippen molar-refractivity contribution in [2.75, 3.05) is 13.2 Å². The number of rotatable bonds is 5. The maximum Gasteiger partial charge on any atom is 0.315 e. The van der Waals surface area contributed by atoms with Crippen molar-refractivity contribution in [3.05, 3.63) is 16.1 Å². The van der Waals surface area contributed by atoms with Crippen molar-refractivity contribution in [2.45, 2.75) is 45.1 Å². The van der Waals surface area contributed by atoms with Gasteiger partial charge in [-0.05, 0) is 19.8 Å². The van der Waals surface area contributed by atoms with E-state index in [4.69, 9.17) is 0 Å². The molecule has 1 fully saturated rings. The van der Waals surface area contributed by atoms with Crippen LogP contribution in [0.4, 0.5) is 4.79 Å². The number of hydrogen-bond donors (Lipinski definition) is 3. The average molecular weight is 297 g/mol. The topological polar surface area (TPSA) is 74.2 Å². The number of thiazole rings is 1. The second-order valence-corrected chi connectivity index (χ2v) is 6.67. The van der Waals surface area contributed by atoms with E-state index in [1.165, 1.54) is 4.88 Å². The number of carbonyl (C=O) groups excluding carboxylic acids is 1. The van der Waals surface area contributed by atoms with Gasteiger partial charge in [0, 0.05) is 42.6 Å². The molecule has 1 aromatic rings. The highest BCUT2D eigenvalue weighted by molar-refractivity contribution is 7.11. The predicted octanol–water partition coefficient (Wildman–Crippen LogP) is 1.84. The van der Waals surface area contributed by atoms with Gasteiger partial charge in [0.05, 0.1) is 5.01 Å². The van der Waals surface area contributed by atoms with Gasteiger partial charge in [-0.2, -0.15) is 0 Å². The molecule has 0 saturated heterocycles. The van der Waals surface area contributed by atoms with Gasteiger partial charge in [0.15, 0.2) is 0 Å². The molecule has 1 heterocycles. The number of nitrogens with one attached hydrogen (secondary N) is 2. The number of hydrogen-bond acceptors (Lipinski definition) is 4. The molecule has 0 spiro atoms. The molecule has 2 unspecified atom stereocenters. The molecule has 1 aliphatic rings. The fourth-order valence-corrected chi connectivity index (χ4v) is 3.42. The molecule has 3 N–H and O–H groups in total. The van der Waals surface area contributed by atoms with Crippen LogP contribution in [0.5, 0.6) is 0 Å². The van der Waals surface area contributed by atoms with Gasteiger partial charge in [-0.15, -0.1) is 11.3 Å². The zero-order valence-electron chi connectivity index (χ0n) is 11.9. The van der Waals surface area contributed by atoms with Crippen LogP contribution in [-0.2, 0) is 6.42 Å². The number of carbonyl (C=O) groups is 1. The molecule has 0 aromatic carbocycles. The molecule has 112 valence electrons. The first-order valence-electron chi connectivity index (χ1n) is 7.25. The van der Waals surface area contributed by atoms with Crippen LogP contribution in [-0.4, -0.2) is 35.3 Å². The molecule has 2 rings (SSSR count). The third-order valence-electron chi connectivity index (χ3n) is 3.75. The normalized spacial score (nSPS) is 22.5. The van der Waals surface area contributed by atoms with Gasteiger partial charge in [-0.25, -0.2) is 9.78 Å². The number of aromatic nitrogens is 1. The summed E-state index contributed by atoms with van der Waals surface area (Å²) in [7, 11) is 0. The minimum atomic E-state index is -0.136. The molecule has 6 heteroatoms. The van der Waals surface area contributed by atoms with Crippen LogP contribution in [0.2, 0.25) is 0 Å². The molecule has 0 bridgehead atoms. The van der Waals surface area contributed by atoms with E-state index in [1.54, 1.807) is 11.3 Å². The minimum absolute atomic E-state index is 0.107. The highest BCUT2D eigenvalue weighted by atomic mass is 32.1. The lowest BCUT2D eigenvalue weighted by Crippen LogP contribution is -2.48. The fraction of sp³-hybridized carbons (Fsp3) is 0.714. The molecule has 5 nitrogen and oxygen atoms in total. The largest absolute Gasteiger partial charge is 0.396 e. The SMILES string of the molecule is Cc1cnc(CCNC(=O)NC2CCCCC2CO)s1. The Kier molecular flexibility index (Phi) is 5.79. The Morgan fingerprint density at radius 3 is 3.00 bits per heavy atom. The van der Waals surface area contributed by atoms with E-state index in [2.05, 4.69) is 15.6 Å². The van der Waals surface area contributed by atoms with Gasteiger partial charge < -0.3 is 15.7 Å². The van der Waals surface area contributed by atoms with E-state index in [9.17, 15) is 9.90 Å².